The summed E-state index contributed by atoms with van der Waals surface area (Å²) in [7, 11) is 0. The predicted molar refractivity (Wildman–Crippen MR) is 77.4 cm³/mol. The Kier molecular flexibility index (Phi) is 4.73. The number of benzene rings is 2. The second kappa shape index (κ2) is 6.33. The van der Waals surface area contributed by atoms with Gasteiger partial charge in [0.25, 0.3) is 0 Å². The van der Waals surface area contributed by atoms with Gasteiger partial charge in [0.1, 0.15) is 24.0 Å². The van der Waals surface area contributed by atoms with E-state index in [4.69, 9.17) is 10.5 Å². The van der Waals surface area contributed by atoms with E-state index in [-0.39, 0.29) is 12.6 Å². The molecule has 0 fully saturated rings. The molecule has 2 aromatic carbocycles. The summed E-state index contributed by atoms with van der Waals surface area (Å²) in [6.45, 7) is 1.92. The van der Waals surface area contributed by atoms with Crippen molar-refractivity contribution in [2.45, 2.75) is 19.6 Å². The second-order valence-electron chi connectivity index (χ2n) is 4.54. The topological polar surface area (TPSA) is 35.2 Å². The van der Waals surface area contributed by atoms with Gasteiger partial charge < -0.3 is 10.5 Å². The maximum absolute atomic E-state index is 13.1. The zero-order chi connectivity index (χ0) is 14.7. The number of nitrogens with two attached hydrogens (primary N) is 1. The highest BCUT2D eigenvalue weighted by Gasteiger charge is 2.09. The number of halogens is 3. The van der Waals surface area contributed by atoms with Gasteiger partial charge in [-0.25, -0.2) is 8.78 Å². The standard InChI is InChI=1S/C15H14BrF2NO/c1-9(19)14-6-11(16)2-3-15(14)20-8-10-4-12(17)7-13(18)5-10/h2-7,9H,8,19H2,1H3/t9-/m1/s1. The Balaban J connectivity index is 2.18. The summed E-state index contributed by atoms with van der Waals surface area (Å²) >= 11 is 3.37. The molecule has 5 heteroatoms. The van der Waals surface area contributed by atoms with Gasteiger partial charge in [0, 0.05) is 22.1 Å². The molecule has 2 aromatic rings. The van der Waals surface area contributed by atoms with Gasteiger partial charge >= 0.3 is 0 Å². The van der Waals surface area contributed by atoms with Crippen LogP contribution in [0.25, 0.3) is 0 Å². The Bertz CT molecular complexity index is 597. The van der Waals surface area contributed by atoms with Crippen molar-refractivity contribution in [3.8, 4) is 5.75 Å². The molecule has 0 aromatic heterocycles. The number of rotatable bonds is 4. The van der Waals surface area contributed by atoms with Gasteiger partial charge in [0.2, 0.25) is 0 Å². The highest BCUT2D eigenvalue weighted by Crippen LogP contribution is 2.28. The normalized spacial score (nSPS) is 12.2. The summed E-state index contributed by atoms with van der Waals surface area (Å²) in [5.74, 6) is -0.633. The molecule has 0 bridgehead atoms. The van der Waals surface area contributed by atoms with Crippen LogP contribution in [0.5, 0.6) is 5.75 Å². The van der Waals surface area contributed by atoms with Gasteiger partial charge in [-0.05, 0) is 42.8 Å². The predicted octanol–water partition coefficient (Wildman–Crippen LogP) is 4.33. The first-order chi connectivity index (χ1) is 9.45. The Morgan fingerprint density at radius 2 is 1.80 bits per heavy atom. The summed E-state index contributed by atoms with van der Waals surface area (Å²) in [4.78, 5) is 0. The molecule has 0 aliphatic rings. The van der Waals surface area contributed by atoms with E-state index in [0.29, 0.717) is 11.3 Å². The second-order valence-corrected chi connectivity index (χ2v) is 5.45. The van der Waals surface area contributed by atoms with E-state index < -0.39 is 11.6 Å². The number of hydrogen-bond acceptors (Lipinski definition) is 2. The molecule has 0 aliphatic carbocycles. The van der Waals surface area contributed by atoms with Crippen LogP contribution in [0.1, 0.15) is 24.1 Å². The van der Waals surface area contributed by atoms with Crippen LogP contribution in [0.15, 0.2) is 40.9 Å². The van der Waals surface area contributed by atoms with Crippen molar-refractivity contribution >= 4 is 15.9 Å². The third kappa shape index (κ3) is 3.77. The van der Waals surface area contributed by atoms with Crippen molar-refractivity contribution in [2.24, 2.45) is 5.73 Å². The zero-order valence-corrected chi connectivity index (χ0v) is 12.5. The molecule has 0 saturated carbocycles. The summed E-state index contributed by atoms with van der Waals surface area (Å²) in [6, 6.07) is 8.59. The van der Waals surface area contributed by atoms with Gasteiger partial charge in [-0.3, -0.25) is 0 Å². The molecule has 106 valence electrons. The average molecular weight is 342 g/mol. The third-order valence-electron chi connectivity index (χ3n) is 2.78. The molecule has 1 atom stereocenters. The highest BCUT2D eigenvalue weighted by atomic mass is 79.9. The molecule has 2 rings (SSSR count). The number of hydrogen-bond donors (Lipinski definition) is 1. The van der Waals surface area contributed by atoms with Gasteiger partial charge in [-0.15, -0.1) is 0 Å². The monoisotopic (exact) mass is 341 g/mol. The van der Waals surface area contributed by atoms with Crippen molar-refractivity contribution in [2.75, 3.05) is 0 Å². The molecular formula is C15H14BrF2NO. The Morgan fingerprint density at radius 3 is 2.40 bits per heavy atom. The third-order valence-corrected chi connectivity index (χ3v) is 3.27. The fourth-order valence-corrected chi connectivity index (χ4v) is 2.24. The van der Waals surface area contributed by atoms with Crippen LogP contribution in [-0.2, 0) is 6.61 Å². The molecule has 0 unspecified atom stereocenters. The lowest BCUT2D eigenvalue weighted by Crippen LogP contribution is -2.08. The maximum Gasteiger partial charge on any atom is 0.126 e. The summed E-state index contributed by atoms with van der Waals surface area (Å²) in [5.41, 5.74) is 7.14. The first-order valence-electron chi connectivity index (χ1n) is 6.08. The van der Waals surface area contributed by atoms with Crippen LogP contribution in [0.3, 0.4) is 0 Å². The van der Waals surface area contributed by atoms with Crippen molar-refractivity contribution in [3.63, 3.8) is 0 Å². The minimum Gasteiger partial charge on any atom is -0.489 e. The lowest BCUT2D eigenvalue weighted by atomic mass is 10.1. The van der Waals surface area contributed by atoms with Crippen LogP contribution < -0.4 is 10.5 Å². The van der Waals surface area contributed by atoms with Gasteiger partial charge in [-0.2, -0.15) is 0 Å². The van der Waals surface area contributed by atoms with Crippen molar-refractivity contribution < 1.29 is 13.5 Å². The highest BCUT2D eigenvalue weighted by molar-refractivity contribution is 9.10. The zero-order valence-electron chi connectivity index (χ0n) is 10.9. The largest absolute Gasteiger partial charge is 0.489 e. The summed E-state index contributed by atoms with van der Waals surface area (Å²) in [5, 5.41) is 0. The lowest BCUT2D eigenvalue weighted by molar-refractivity contribution is 0.300. The van der Waals surface area contributed by atoms with Gasteiger partial charge in [-0.1, -0.05) is 15.9 Å². The van der Waals surface area contributed by atoms with Crippen molar-refractivity contribution in [1.29, 1.82) is 0 Å². The van der Waals surface area contributed by atoms with E-state index in [1.807, 2.05) is 19.1 Å². The van der Waals surface area contributed by atoms with Crippen molar-refractivity contribution in [3.05, 3.63) is 63.6 Å². The first-order valence-corrected chi connectivity index (χ1v) is 6.88. The fraction of sp³-hybridized carbons (Fsp3) is 0.200. The molecule has 0 spiro atoms. The van der Waals surface area contributed by atoms with Crippen LogP contribution in [0.4, 0.5) is 8.78 Å². The number of ether oxygens (including phenoxy) is 1. The molecule has 0 aliphatic heterocycles. The van der Waals surface area contributed by atoms with E-state index in [1.54, 1.807) is 6.07 Å². The Labute approximate surface area is 124 Å². The van der Waals surface area contributed by atoms with Crippen LogP contribution >= 0.6 is 15.9 Å². The van der Waals surface area contributed by atoms with E-state index in [2.05, 4.69) is 15.9 Å². The van der Waals surface area contributed by atoms with Crippen LogP contribution in [0.2, 0.25) is 0 Å². The minimum absolute atomic E-state index is 0.0794. The van der Waals surface area contributed by atoms with E-state index in [9.17, 15) is 8.78 Å². The van der Waals surface area contributed by atoms with Crippen LogP contribution in [-0.4, -0.2) is 0 Å². The SMILES string of the molecule is C[C@@H](N)c1cc(Br)ccc1OCc1cc(F)cc(F)c1. The van der Waals surface area contributed by atoms with E-state index >= 15 is 0 Å². The fourth-order valence-electron chi connectivity index (χ4n) is 1.86. The first kappa shape index (κ1) is 14.9. The maximum atomic E-state index is 13.1. The van der Waals surface area contributed by atoms with Gasteiger partial charge in [0.15, 0.2) is 0 Å². The molecule has 0 heterocycles. The quantitative estimate of drug-likeness (QED) is 0.898. The lowest BCUT2D eigenvalue weighted by Gasteiger charge is -2.14. The molecule has 20 heavy (non-hydrogen) atoms. The molecule has 0 amide bonds. The summed E-state index contributed by atoms with van der Waals surface area (Å²) < 4.78 is 32.7. The molecule has 0 radical (unpaired) electrons. The minimum atomic E-state index is -0.619. The summed E-state index contributed by atoms with van der Waals surface area (Å²) in [6.07, 6.45) is 0. The Morgan fingerprint density at radius 1 is 1.15 bits per heavy atom. The smallest absolute Gasteiger partial charge is 0.126 e. The average Bonchev–Trinajstić information content (AvgIpc) is 2.36. The van der Waals surface area contributed by atoms with Crippen LogP contribution in [0, 0.1) is 11.6 Å². The molecule has 2 nitrogen and oxygen atoms in total. The van der Waals surface area contributed by atoms with Crippen molar-refractivity contribution in [1.82, 2.24) is 0 Å². The van der Waals surface area contributed by atoms with E-state index in [1.165, 1.54) is 12.1 Å². The Hall–Kier alpha value is -1.46. The molecule has 0 saturated heterocycles. The molecular weight excluding hydrogens is 328 g/mol. The molecule has 2 N–H and O–H groups in total. The van der Waals surface area contributed by atoms with Gasteiger partial charge in [0.05, 0.1) is 0 Å². The van der Waals surface area contributed by atoms with E-state index in [0.717, 1.165) is 16.1 Å².